The number of aromatic nitrogens is 6. The van der Waals surface area contributed by atoms with E-state index >= 15 is 8.78 Å². The van der Waals surface area contributed by atoms with E-state index in [2.05, 4.69) is 32.1 Å². The van der Waals surface area contributed by atoms with E-state index in [0.717, 1.165) is 11.1 Å². The molecule has 0 bridgehead atoms. The van der Waals surface area contributed by atoms with Crippen LogP contribution < -0.4 is 0 Å². The summed E-state index contributed by atoms with van der Waals surface area (Å²) in [6, 6.07) is 25.2. The number of imidazole rings is 2. The van der Waals surface area contributed by atoms with Gasteiger partial charge in [0, 0.05) is 34.0 Å². The Labute approximate surface area is 346 Å². The lowest BCUT2D eigenvalue weighted by atomic mass is 9.83. The summed E-state index contributed by atoms with van der Waals surface area (Å²) in [5.41, 5.74) is 8.20. The lowest BCUT2D eigenvalue weighted by molar-refractivity contribution is 0.632. The van der Waals surface area contributed by atoms with E-state index in [-0.39, 0.29) is 11.6 Å². The van der Waals surface area contributed by atoms with E-state index in [1.807, 2.05) is 42.8 Å². The van der Waals surface area contributed by atoms with Crippen molar-refractivity contribution in [3.05, 3.63) is 152 Å². The Morgan fingerprint density at radius 1 is 0.569 bits per heavy atom. The largest absolute Gasteiger partial charge is 0.297 e. The molecule has 0 saturated carbocycles. The molecule has 0 aliphatic rings. The van der Waals surface area contributed by atoms with Crippen LogP contribution in [-0.4, -0.2) is 29.1 Å². The van der Waals surface area contributed by atoms with Crippen LogP contribution in [0.4, 0.5) is 8.78 Å². The van der Waals surface area contributed by atoms with E-state index in [0.29, 0.717) is 87.5 Å². The summed E-state index contributed by atoms with van der Waals surface area (Å²) in [6.45, 7) is 0. The number of nitrogens with zero attached hydrogens (tertiary/aromatic N) is 8. The smallest absolute Gasteiger partial charge is 0.133 e. The first-order valence-electron chi connectivity index (χ1n) is 17.7. The fourth-order valence-electron chi connectivity index (χ4n) is 7.58. The summed E-state index contributed by atoms with van der Waals surface area (Å²) in [5, 5.41) is 30.6. The average molecular weight is 836 g/mol. The molecule has 0 saturated heterocycles. The van der Waals surface area contributed by atoms with E-state index < -0.39 is 11.8 Å². The summed E-state index contributed by atoms with van der Waals surface area (Å²) >= 11 is 16.9. The normalized spacial score (nSPS) is 12.7. The number of nitriles is 2. The molecule has 0 radical (unpaired) electrons. The van der Waals surface area contributed by atoms with Gasteiger partial charge < -0.3 is 0 Å². The van der Waals surface area contributed by atoms with Crippen LogP contribution in [-0.2, 0) is 0 Å². The van der Waals surface area contributed by atoms with Gasteiger partial charge in [0.2, 0.25) is 0 Å². The minimum absolute atomic E-state index is 0.322. The van der Waals surface area contributed by atoms with Crippen molar-refractivity contribution in [2.45, 2.75) is 11.8 Å². The maximum absolute atomic E-state index is 15.2. The molecule has 0 aliphatic heterocycles. The lowest BCUT2D eigenvalue weighted by Gasteiger charge is -2.19. The zero-order valence-electron chi connectivity index (χ0n) is 29.6. The van der Waals surface area contributed by atoms with Crippen molar-refractivity contribution in [3.63, 3.8) is 0 Å². The number of hydrogen-bond acceptors (Lipinski definition) is 8. The van der Waals surface area contributed by atoms with Gasteiger partial charge >= 0.3 is 0 Å². The molecule has 0 fully saturated rings. The van der Waals surface area contributed by atoms with Gasteiger partial charge in [0.05, 0.1) is 79.9 Å². The third-order valence-corrected chi connectivity index (χ3v) is 12.4. The van der Waals surface area contributed by atoms with Gasteiger partial charge in [0.15, 0.2) is 0 Å². The third kappa shape index (κ3) is 5.80. The van der Waals surface area contributed by atoms with Crippen molar-refractivity contribution >= 4 is 89.7 Å². The molecule has 6 heterocycles. The number of hydrogen-bond donors (Lipinski definition) is 0. The number of fused-ring (bicyclic) bond motifs is 6. The monoisotopic (exact) mass is 834 g/mol. The van der Waals surface area contributed by atoms with Gasteiger partial charge in [-0.3, -0.25) is 19.1 Å². The maximum Gasteiger partial charge on any atom is 0.133 e. The first kappa shape index (κ1) is 35.8. The molecule has 0 amide bonds. The zero-order chi connectivity index (χ0) is 39.7. The Balaban J connectivity index is 1.00. The maximum atomic E-state index is 15.2. The number of pyridine rings is 2. The highest BCUT2D eigenvalue weighted by Crippen LogP contribution is 2.40. The number of halogens is 4. The minimum atomic E-state index is -0.909. The highest BCUT2D eigenvalue weighted by molar-refractivity contribution is 7.08. The highest BCUT2D eigenvalue weighted by atomic mass is 35.5. The molecule has 6 aromatic heterocycles. The molecule has 4 aromatic carbocycles. The first-order valence-corrected chi connectivity index (χ1v) is 20.3. The van der Waals surface area contributed by atoms with E-state index in [9.17, 15) is 10.5 Å². The van der Waals surface area contributed by atoms with Gasteiger partial charge in [-0.25, -0.2) is 18.7 Å². The van der Waals surface area contributed by atoms with Gasteiger partial charge in [0.1, 0.15) is 35.3 Å². The molecular weight excluding hydrogens is 814 g/mol. The quantitative estimate of drug-likeness (QED) is 0.158. The number of rotatable bonds is 7. The molecule has 2 unspecified atom stereocenters. The van der Waals surface area contributed by atoms with Crippen molar-refractivity contribution in [2.75, 3.05) is 0 Å². The molecule has 0 spiro atoms. The van der Waals surface area contributed by atoms with Crippen molar-refractivity contribution < 1.29 is 8.78 Å². The number of thiophene rings is 2. The standard InChI is InChI=1S/C44H22Cl2F2N8S2/c45-33-9-23(1-3-41(33)55-21-53-39-17-51-37-13-35(47)27(11-29(37)43(39)55)25-5-7-57-19-25)31(15-49)32(16-50)24-2-4-42(34(46)10-24)56-22-54-40-18-52-38-14-36(48)28(12-30(38)44(40)56)26-6-8-58-20-26/h1-14,17-22,31-32H. The van der Waals surface area contributed by atoms with Crippen LogP contribution in [0.2, 0.25) is 10.0 Å². The van der Waals surface area contributed by atoms with Crippen LogP contribution in [0.3, 0.4) is 0 Å². The van der Waals surface area contributed by atoms with Gasteiger partial charge in [-0.05, 0) is 92.3 Å². The van der Waals surface area contributed by atoms with Crippen LogP contribution in [0.15, 0.2) is 119 Å². The van der Waals surface area contributed by atoms with Crippen molar-refractivity contribution in [1.29, 1.82) is 10.5 Å². The van der Waals surface area contributed by atoms with E-state index in [1.165, 1.54) is 34.8 Å². The van der Waals surface area contributed by atoms with Crippen LogP contribution in [0, 0.1) is 34.3 Å². The second-order valence-electron chi connectivity index (χ2n) is 13.6. The Morgan fingerprint density at radius 3 is 1.40 bits per heavy atom. The summed E-state index contributed by atoms with van der Waals surface area (Å²) in [6.07, 6.45) is 6.45. The summed E-state index contributed by atoms with van der Waals surface area (Å²) in [7, 11) is 0. The Hall–Kier alpha value is -6.54. The first-order chi connectivity index (χ1) is 28.3. The Bertz CT molecular complexity index is 3120. The molecule has 10 rings (SSSR count). The second kappa shape index (κ2) is 14.1. The minimum Gasteiger partial charge on any atom is -0.297 e. The van der Waals surface area contributed by atoms with Crippen LogP contribution in [0.1, 0.15) is 23.0 Å². The fourth-order valence-corrected chi connectivity index (χ4v) is 9.45. The van der Waals surface area contributed by atoms with E-state index in [1.54, 1.807) is 73.6 Å². The zero-order valence-corrected chi connectivity index (χ0v) is 32.8. The molecule has 278 valence electrons. The van der Waals surface area contributed by atoms with Crippen LogP contribution >= 0.6 is 45.9 Å². The lowest BCUT2D eigenvalue weighted by Crippen LogP contribution is -2.09. The molecule has 2 atom stereocenters. The van der Waals surface area contributed by atoms with Crippen LogP contribution in [0.5, 0.6) is 0 Å². The van der Waals surface area contributed by atoms with Gasteiger partial charge in [-0.1, -0.05) is 35.3 Å². The summed E-state index contributed by atoms with van der Waals surface area (Å²) < 4.78 is 34.0. The topological polar surface area (TPSA) is 109 Å². The molecule has 8 nitrogen and oxygen atoms in total. The third-order valence-electron chi connectivity index (χ3n) is 10.4. The molecular formula is C44H22Cl2F2N8S2. The van der Waals surface area contributed by atoms with Gasteiger partial charge in [-0.15, -0.1) is 0 Å². The van der Waals surface area contributed by atoms with Crippen molar-refractivity contribution in [3.8, 4) is 45.8 Å². The van der Waals surface area contributed by atoms with E-state index in [4.69, 9.17) is 23.2 Å². The Morgan fingerprint density at radius 2 is 1.02 bits per heavy atom. The summed E-state index contributed by atoms with van der Waals surface area (Å²) in [5.74, 6) is -2.57. The highest BCUT2D eigenvalue weighted by Gasteiger charge is 2.27. The SMILES string of the molecule is N#CC(c1ccc(-n2cnc3cnc4cc(F)c(-c5ccsc5)cc4c32)c(Cl)c1)C(C#N)c1ccc(-n2cnc3cnc4cc(F)c(-c5ccsc5)cc4c32)c(Cl)c1. The predicted octanol–water partition coefficient (Wildman–Crippen LogP) is 12.4. The fraction of sp³-hybridized carbons (Fsp3) is 0.0455. The predicted molar refractivity (Wildman–Crippen MR) is 226 cm³/mol. The molecule has 0 N–H and O–H groups in total. The van der Waals surface area contributed by atoms with Crippen molar-refractivity contribution in [2.24, 2.45) is 0 Å². The molecule has 58 heavy (non-hydrogen) atoms. The van der Waals surface area contributed by atoms with Gasteiger partial charge in [0.25, 0.3) is 0 Å². The van der Waals surface area contributed by atoms with Crippen LogP contribution in [0.25, 0.3) is 77.5 Å². The Kier molecular flexibility index (Phi) is 8.73. The average Bonchev–Trinajstić information content (AvgIpc) is 4.07. The summed E-state index contributed by atoms with van der Waals surface area (Å²) in [4.78, 5) is 18.0. The molecule has 14 heteroatoms. The van der Waals surface area contributed by atoms with Crippen molar-refractivity contribution in [1.82, 2.24) is 29.1 Å². The van der Waals surface area contributed by atoms with Gasteiger partial charge in [-0.2, -0.15) is 33.2 Å². The molecule has 10 aromatic rings. The second-order valence-corrected chi connectivity index (χ2v) is 15.9. The number of benzene rings is 4. The molecule has 0 aliphatic carbocycles.